The number of carbonyl (C=O) groups is 1. The van der Waals surface area contributed by atoms with E-state index in [1.165, 1.54) is 18.5 Å². The molecular weight excluding hydrogens is 278 g/mol. The van der Waals surface area contributed by atoms with Crippen LogP contribution in [0.2, 0.25) is 0 Å². The summed E-state index contributed by atoms with van der Waals surface area (Å²) in [5.74, 6) is 1.04. The van der Waals surface area contributed by atoms with E-state index in [-0.39, 0.29) is 11.9 Å². The van der Waals surface area contributed by atoms with E-state index in [4.69, 9.17) is 0 Å². The zero-order valence-corrected chi connectivity index (χ0v) is 12.7. The maximum absolute atomic E-state index is 12.6. The molecule has 118 valence electrons. The van der Waals surface area contributed by atoms with E-state index in [9.17, 15) is 4.79 Å². The highest BCUT2D eigenvalue weighted by Crippen LogP contribution is 2.35. The Morgan fingerprint density at radius 3 is 2.50 bits per heavy atom. The van der Waals surface area contributed by atoms with Gasteiger partial charge in [-0.05, 0) is 37.3 Å². The lowest BCUT2D eigenvalue weighted by Gasteiger charge is -2.37. The molecule has 0 radical (unpaired) electrons. The van der Waals surface area contributed by atoms with Gasteiger partial charge in [-0.15, -0.1) is 0 Å². The number of pyridine rings is 1. The van der Waals surface area contributed by atoms with Crippen molar-refractivity contribution in [1.82, 2.24) is 20.7 Å². The van der Waals surface area contributed by atoms with Crippen LogP contribution in [0.15, 0.2) is 24.5 Å². The quantitative estimate of drug-likeness (QED) is 0.845. The van der Waals surface area contributed by atoms with E-state index in [2.05, 4.69) is 20.7 Å². The topological polar surface area (TPSA) is 60.5 Å². The van der Waals surface area contributed by atoms with Crippen LogP contribution in [-0.2, 0) is 4.79 Å². The summed E-state index contributed by atoms with van der Waals surface area (Å²) in [5, 5.41) is 0. The second kappa shape index (κ2) is 5.85. The average molecular weight is 301 g/mol. The van der Waals surface area contributed by atoms with Crippen LogP contribution in [0.4, 0.5) is 5.69 Å². The third kappa shape index (κ3) is 2.80. The predicted molar refractivity (Wildman–Crippen MR) is 84.2 cm³/mol. The normalized spacial score (nSPS) is 28.9. The number of carbonyl (C=O) groups excluding carboxylic acids is 1. The van der Waals surface area contributed by atoms with Gasteiger partial charge >= 0.3 is 0 Å². The van der Waals surface area contributed by atoms with Crippen molar-refractivity contribution in [2.24, 2.45) is 5.92 Å². The van der Waals surface area contributed by atoms with Gasteiger partial charge in [-0.3, -0.25) is 15.2 Å². The first-order valence-corrected chi connectivity index (χ1v) is 8.26. The monoisotopic (exact) mass is 301 g/mol. The first kappa shape index (κ1) is 14.0. The van der Waals surface area contributed by atoms with E-state index < -0.39 is 0 Å². The molecule has 6 heteroatoms. The number of anilines is 1. The van der Waals surface area contributed by atoms with E-state index in [0.29, 0.717) is 6.04 Å². The zero-order chi connectivity index (χ0) is 14.9. The van der Waals surface area contributed by atoms with Crippen LogP contribution in [0, 0.1) is 5.92 Å². The Hall–Kier alpha value is -1.66. The van der Waals surface area contributed by atoms with Gasteiger partial charge in [0.05, 0.1) is 0 Å². The van der Waals surface area contributed by atoms with Crippen molar-refractivity contribution in [3.05, 3.63) is 24.5 Å². The lowest BCUT2D eigenvalue weighted by Crippen LogP contribution is -2.53. The van der Waals surface area contributed by atoms with Gasteiger partial charge in [0, 0.05) is 50.3 Å². The molecule has 3 heterocycles. The van der Waals surface area contributed by atoms with Crippen LogP contribution in [0.3, 0.4) is 0 Å². The van der Waals surface area contributed by atoms with E-state index in [0.717, 1.165) is 38.5 Å². The highest BCUT2D eigenvalue weighted by molar-refractivity contribution is 5.82. The van der Waals surface area contributed by atoms with Crippen molar-refractivity contribution in [1.29, 1.82) is 0 Å². The molecule has 2 N–H and O–H groups in total. The van der Waals surface area contributed by atoms with Crippen LogP contribution < -0.4 is 15.8 Å². The summed E-state index contributed by atoms with van der Waals surface area (Å²) in [5.41, 5.74) is 7.70. The second-order valence-corrected chi connectivity index (χ2v) is 6.54. The maximum Gasteiger partial charge on any atom is 0.241 e. The number of nitrogens with one attached hydrogen (secondary N) is 2. The molecule has 3 fully saturated rings. The minimum Gasteiger partial charge on any atom is -0.368 e. The fraction of sp³-hybridized carbons (Fsp3) is 0.625. The lowest BCUT2D eigenvalue weighted by molar-refractivity contribution is -0.133. The van der Waals surface area contributed by atoms with Crippen LogP contribution in [0.5, 0.6) is 0 Å². The van der Waals surface area contributed by atoms with Crippen molar-refractivity contribution in [3.63, 3.8) is 0 Å². The maximum atomic E-state index is 12.6. The van der Waals surface area contributed by atoms with Gasteiger partial charge < -0.3 is 9.80 Å². The molecule has 6 nitrogen and oxygen atoms in total. The Morgan fingerprint density at radius 1 is 1.09 bits per heavy atom. The van der Waals surface area contributed by atoms with Gasteiger partial charge in [0.25, 0.3) is 0 Å². The SMILES string of the molecule is O=C(C1CC(C2CC2)NN1)N1CCN(c2ccncc2)CC1. The third-order valence-corrected chi connectivity index (χ3v) is 5.04. The Labute approximate surface area is 130 Å². The molecule has 3 aliphatic rings. The molecule has 0 bridgehead atoms. The molecular formula is C16H23N5O. The van der Waals surface area contributed by atoms with E-state index >= 15 is 0 Å². The summed E-state index contributed by atoms with van der Waals surface area (Å²) in [6.45, 7) is 3.38. The number of hydrogen-bond acceptors (Lipinski definition) is 5. The third-order valence-electron chi connectivity index (χ3n) is 5.04. The molecule has 1 saturated carbocycles. The predicted octanol–water partition coefficient (Wildman–Crippen LogP) is 0.375. The molecule has 2 saturated heterocycles. The Balaban J connectivity index is 1.30. The number of piperazine rings is 1. The van der Waals surface area contributed by atoms with E-state index in [1.807, 2.05) is 29.4 Å². The second-order valence-electron chi connectivity index (χ2n) is 6.54. The van der Waals surface area contributed by atoms with Crippen molar-refractivity contribution < 1.29 is 4.79 Å². The highest BCUT2D eigenvalue weighted by Gasteiger charge is 2.40. The molecule has 22 heavy (non-hydrogen) atoms. The van der Waals surface area contributed by atoms with Crippen molar-refractivity contribution in [2.75, 3.05) is 31.1 Å². The summed E-state index contributed by atoms with van der Waals surface area (Å²) in [4.78, 5) is 21.0. The van der Waals surface area contributed by atoms with Gasteiger partial charge in [-0.2, -0.15) is 0 Å². The molecule has 1 aliphatic carbocycles. The van der Waals surface area contributed by atoms with Crippen LogP contribution in [0.25, 0.3) is 0 Å². The van der Waals surface area contributed by atoms with Gasteiger partial charge in [0.1, 0.15) is 6.04 Å². The number of aromatic nitrogens is 1. The van der Waals surface area contributed by atoms with Gasteiger partial charge in [-0.1, -0.05) is 0 Å². The van der Waals surface area contributed by atoms with Crippen molar-refractivity contribution in [2.45, 2.75) is 31.3 Å². The summed E-state index contributed by atoms with van der Waals surface area (Å²) in [7, 11) is 0. The Morgan fingerprint density at radius 2 is 1.82 bits per heavy atom. The minimum absolute atomic E-state index is 0.0434. The van der Waals surface area contributed by atoms with Crippen molar-refractivity contribution >= 4 is 11.6 Å². The van der Waals surface area contributed by atoms with Crippen molar-refractivity contribution in [3.8, 4) is 0 Å². The molecule has 1 amide bonds. The zero-order valence-electron chi connectivity index (χ0n) is 12.7. The smallest absolute Gasteiger partial charge is 0.241 e. The fourth-order valence-electron chi connectivity index (χ4n) is 3.51. The molecule has 1 aromatic rings. The molecule has 0 spiro atoms. The fourth-order valence-corrected chi connectivity index (χ4v) is 3.51. The van der Waals surface area contributed by atoms with Gasteiger partial charge in [0.15, 0.2) is 0 Å². The summed E-state index contributed by atoms with van der Waals surface area (Å²) in [6, 6.07) is 4.51. The molecule has 4 rings (SSSR count). The highest BCUT2D eigenvalue weighted by atomic mass is 16.2. The number of amides is 1. The Bertz CT molecular complexity index is 525. The number of rotatable bonds is 3. The van der Waals surface area contributed by atoms with Crippen LogP contribution in [0.1, 0.15) is 19.3 Å². The number of hydrazine groups is 1. The largest absolute Gasteiger partial charge is 0.368 e. The summed E-state index contributed by atoms with van der Waals surface area (Å²) >= 11 is 0. The standard InChI is InChI=1S/C16H23N5O/c22-16(15-11-14(18-19-15)12-1-2-12)21-9-7-20(8-10-21)13-3-5-17-6-4-13/h3-6,12,14-15,18-19H,1-2,7-11H2. The lowest BCUT2D eigenvalue weighted by atomic mass is 10.1. The average Bonchev–Trinajstić information content (AvgIpc) is 3.32. The summed E-state index contributed by atoms with van der Waals surface area (Å²) in [6.07, 6.45) is 7.20. The van der Waals surface area contributed by atoms with Gasteiger partial charge in [0.2, 0.25) is 5.91 Å². The molecule has 2 unspecified atom stereocenters. The first-order valence-electron chi connectivity index (χ1n) is 8.26. The molecule has 2 aliphatic heterocycles. The van der Waals surface area contributed by atoms with Crippen LogP contribution >= 0.6 is 0 Å². The first-order chi connectivity index (χ1) is 10.8. The number of hydrogen-bond donors (Lipinski definition) is 2. The Kier molecular flexibility index (Phi) is 3.72. The summed E-state index contributed by atoms with van der Waals surface area (Å²) < 4.78 is 0. The minimum atomic E-state index is -0.0434. The molecule has 1 aromatic heterocycles. The number of nitrogens with zero attached hydrogens (tertiary/aromatic N) is 3. The van der Waals surface area contributed by atoms with Crippen LogP contribution in [-0.4, -0.2) is 54.1 Å². The van der Waals surface area contributed by atoms with Gasteiger partial charge in [-0.25, -0.2) is 5.43 Å². The molecule has 0 aromatic carbocycles. The molecule has 2 atom stereocenters. The van der Waals surface area contributed by atoms with E-state index in [1.54, 1.807) is 0 Å².